The Morgan fingerprint density at radius 2 is 1.76 bits per heavy atom. The number of ketones is 1. The Labute approximate surface area is 125 Å². The van der Waals surface area contributed by atoms with Gasteiger partial charge in [-0.25, -0.2) is 0 Å². The van der Waals surface area contributed by atoms with E-state index in [1.807, 2.05) is 30.3 Å². The first-order valence-electron chi connectivity index (χ1n) is 7.00. The maximum atomic E-state index is 12.1. The molecule has 21 heavy (non-hydrogen) atoms. The highest BCUT2D eigenvalue weighted by atomic mass is 16.5. The minimum absolute atomic E-state index is 0.0220. The van der Waals surface area contributed by atoms with E-state index in [9.17, 15) is 4.79 Å². The van der Waals surface area contributed by atoms with E-state index < -0.39 is 0 Å². The second-order valence-corrected chi connectivity index (χ2v) is 5.17. The third-order valence-electron chi connectivity index (χ3n) is 3.31. The van der Waals surface area contributed by atoms with Crippen molar-refractivity contribution in [2.75, 3.05) is 13.7 Å². The third-order valence-corrected chi connectivity index (χ3v) is 3.31. The molecule has 0 aliphatic rings. The van der Waals surface area contributed by atoms with E-state index in [-0.39, 0.29) is 12.4 Å². The van der Waals surface area contributed by atoms with Crippen LogP contribution >= 0.6 is 0 Å². The molecule has 2 aromatic rings. The molecule has 0 aromatic heterocycles. The van der Waals surface area contributed by atoms with Gasteiger partial charge in [0.15, 0.2) is 12.4 Å². The van der Waals surface area contributed by atoms with E-state index in [0.29, 0.717) is 23.0 Å². The van der Waals surface area contributed by atoms with E-state index in [1.54, 1.807) is 25.3 Å². The van der Waals surface area contributed by atoms with Crippen LogP contribution in [0.5, 0.6) is 11.5 Å². The lowest BCUT2D eigenvalue weighted by Crippen LogP contribution is -2.11. The van der Waals surface area contributed by atoms with Crippen molar-refractivity contribution in [1.29, 1.82) is 0 Å². The Hall–Kier alpha value is -2.29. The smallest absolute Gasteiger partial charge is 0.200 e. The van der Waals surface area contributed by atoms with Gasteiger partial charge in [-0.05, 0) is 35.7 Å². The van der Waals surface area contributed by atoms with E-state index in [4.69, 9.17) is 9.47 Å². The molecule has 0 saturated carbocycles. The Morgan fingerprint density at radius 1 is 1.05 bits per heavy atom. The number of rotatable bonds is 6. The Kier molecular flexibility index (Phi) is 4.99. The van der Waals surface area contributed by atoms with Gasteiger partial charge < -0.3 is 9.47 Å². The van der Waals surface area contributed by atoms with Gasteiger partial charge in [0.25, 0.3) is 0 Å². The molecule has 0 N–H and O–H groups in total. The Morgan fingerprint density at radius 3 is 2.38 bits per heavy atom. The van der Waals surface area contributed by atoms with Gasteiger partial charge in [0.05, 0.1) is 7.11 Å². The van der Waals surface area contributed by atoms with Crippen LogP contribution in [-0.2, 0) is 0 Å². The van der Waals surface area contributed by atoms with Crippen molar-refractivity contribution < 1.29 is 14.3 Å². The maximum absolute atomic E-state index is 12.1. The van der Waals surface area contributed by atoms with Crippen molar-refractivity contribution in [3.05, 3.63) is 59.7 Å². The molecule has 110 valence electrons. The third kappa shape index (κ3) is 4.09. The van der Waals surface area contributed by atoms with Gasteiger partial charge in [0.1, 0.15) is 11.5 Å². The van der Waals surface area contributed by atoms with Crippen LogP contribution in [0.4, 0.5) is 0 Å². The zero-order valence-corrected chi connectivity index (χ0v) is 12.6. The number of carbonyl (C=O) groups is 1. The lowest BCUT2D eigenvalue weighted by atomic mass is 10.0. The van der Waals surface area contributed by atoms with Crippen LogP contribution in [0.25, 0.3) is 0 Å². The number of hydrogen-bond donors (Lipinski definition) is 0. The van der Waals surface area contributed by atoms with Gasteiger partial charge in [-0.1, -0.05) is 38.1 Å². The summed E-state index contributed by atoms with van der Waals surface area (Å²) in [6.07, 6.45) is 0. The van der Waals surface area contributed by atoms with E-state index in [0.717, 1.165) is 0 Å². The molecular formula is C18H20O3. The van der Waals surface area contributed by atoms with Crippen LogP contribution in [0, 0.1) is 0 Å². The lowest BCUT2D eigenvalue weighted by Gasteiger charge is -2.09. The van der Waals surface area contributed by atoms with Gasteiger partial charge in [-0.3, -0.25) is 4.79 Å². The molecule has 3 nitrogen and oxygen atoms in total. The summed E-state index contributed by atoms with van der Waals surface area (Å²) in [6.45, 7) is 4.30. The van der Waals surface area contributed by atoms with Crippen molar-refractivity contribution >= 4 is 5.78 Å². The van der Waals surface area contributed by atoms with Crippen LogP contribution in [0.3, 0.4) is 0 Å². The van der Waals surface area contributed by atoms with Crippen molar-refractivity contribution in [2.45, 2.75) is 19.8 Å². The molecule has 0 saturated heterocycles. The first-order chi connectivity index (χ1) is 10.1. The van der Waals surface area contributed by atoms with Gasteiger partial charge >= 0.3 is 0 Å². The predicted molar refractivity (Wildman–Crippen MR) is 83.4 cm³/mol. The molecule has 0 fully saturated rings. The average molecular weight is 284 g/mol. The quantitative estimate of drug-likeness (QED) is 0.750. The normalized spacial score (nSPS) is 10.5. The number of Topliss-reactive ketones (excluding diaryl/α,β-unsaturated/α-hetero) is 1. The first kappa shape index (κ1) is 15.1. The summed E-state index contributed by atoms with van der Waals surface area (Å²) in [5, 5.41) is 0. The molecule has 3 heteroatoms. The average Bonchev–Trinajstić information content (AvgIpc) is 2.53. The second kappa shape index (κ2) is 6.93. The van der Waals surface area contributed by atoms with Crippen molar-refractivity contribution in [2.24, 2.45) is 0 Å². The monoisotopic (exact) mass is 284 g/mol. The largest absolute Gasteiger partial charge is 0.497 e. The number of benzene rings is 2. The predicted octanol–water partition coefficient (Wildman–Crippen LogP) is 4.08. The molecule has 0 radical (unpaired) electrons. The standard InChI is InChI=1S/C18H20O3/c1-13(2)14-7-9-16(10-8-14)21-12-18(19)15-5-4-6-17(11-15)20-3/h4-11,13H,12H2,1-3H3. The molecule has 2 aromatic carbocycles. The summed E-state index contributed by atoms with van der Waals surface area (Å²) in [4.78, 5) is 12.1. The highest BCUT2D eigenvalue weighted by molar-refractivity contribution is 5.97. The second-order valence-electron chi connectivity index (χ2n) is 5.17. The number of hydrogen-bond acceptors (Lipinski definition) is 3. The van der Waals surface area contributed by atoms with Crippen LogP contribution in [0.1, 0.15) is 35.7 Å². The van der Waals surface area contributed by atoms with Crippen LogP contribution < -0.4 is 9.47 Å². The Balaban J connectivity index is 1.97. The van der Waals surface area contributed by atoms with Crippen LogP contribution in [0.15, 0.2) is 48.5 Å². The lowest BCUT2D eigenvalue weighted by molar-refractivity contribution is 0.0921. The molecule has 0 atom stereocenters. The molecule has 0 unspecified atom stereocenters. The van der Waals surface area contributed by atoms with Crippen molar-refractivity contribution in [3.8, 4) is 11.5 Å². The van der Waals surface area contributed by atoms with Crippen molar-refractivity contribution in [3.63, 3.8) is 0 Å². The molecule has 0 aliphatic carbocycles. The maximum Gasteiger partial charge on any atom is 0.200 e. The number of carbonyl (C=O) groups excluding carboxylic acids is 1. The fraction of sp³-hybridized carbons (Fsp3) is 0.278. The zero-order chi connectivity index (χ0) is 15.2. The number of methoxy groups -OCH3 is 1. The zero-order valence-electron chi connectivity index (χ0n) is 12.6. The minimum atomic E-state index is -0.0677. The molecular weight excluding hydrogens is 264 g/mol. The molecule has 0 spiro atoms. The van der Waals surface area contributed by atoms with Gasteiger partial charge in [0, 0.05) is 5.56 Å². The van der Waals surface area contributed by atoms with E-state index >= 15 is 0 Å². The minimum Gasteiger partial charge on any atom is -0.497 e. The highest BCUT2D eigenvalue weighted by Gasteiger charge is 2.08. The summed E-state index contributed by atoms with van der Waals surface area (Å²) >= 11 is 0. The molecule has 0 amide bonds. The van der Waals surface area contributed by atoms with Gasteiger partial charge in [-0.15, -0.1) is 0 Å². The van der Waals surface area contributed by atoms with Crippen LogP contribution in [-0.4, -0.2) is 19.5 Å². The van der Waals surface area contributed by atoms with Gasteiger partial charge in [0.2, 0.25) is 0 Å². The Bertz CT molecular complexity index is 600. The topological polar surface area (TPSA) is 35.5 Å². The highest BCUT2D eigenvalue weighted by Crippen LogP contribution is 2.19. The van der Waals surface area contributed by atoms with Crippen molar-refractivity contribution in [1.82, 2.24) is 0 Å². The summed E-state index contributed by atoms with van der Waals surface area (Å²) in [6, 6.07) is 14.9. The molecule has 0 heterocycles. The van der Waals surface area contributed by atoms with Crippen LogP contribution in [0.2, 0.25) is 0 Å². The fourth-order valence-corrected chi connectivity index (χ4v) is 1.98. The summed E-state index contributed by atoms with van der Waals surface area (Å²) in [5.41, 5.74) is 1.84. The van der Waals surface area contributed by atoms with E-state index in [1.165, 1.54) is 5.56 Å². The molecule has 0 bridgehead atoms. The SMILES string of the molecule is COc1cccc(C(=O)COc2ccc(C(C)C)cc2)c1. The summed E-state index contributed by atoms with van der Waals surface area (Å²) < 4.78 is 10.7. The fourth-order valence-electron chi connectivity index (χ4n) is 1.98. The molecule has 0 aliphatic heterocycles. The number of ether oxygens (including phenoxy) is 2. The first-order valence-corrected chi connectivity index (χ1v) is 7.00. The summed E-state index contributed by atoms with van der Waals surface area (Å²) in [5.74, 6) is 1.79. The van der Waals surface area contributed by atoms with E-state index in [2.05, 4.69) is 13.8 Å². The summed E-state index contributed by atoms with van der Waals surface area (Å²) in [7, 11) is 1.58. The van der Waals surface area contributed by atoms with Gasteiger partial charge in [-0.2, -0.15) is 0 Å². The molecule has 2 rings (SSSR count).